The van der Waals surface area contributed by atoms with E-state index in [2.05, 4.69) is 10.6 Å². The van der Waals surface area contributed by atoms with Crippen LogP contribution in [0.2, 0.25) is 0 Å². The first-order chi connectivity index (χ1) is 12.4. The summed E-state index contributed by atoms with van der Waals surface area (Å²) in [7, 11) is 0. The van der Waals surface area contributed by atoms with Crippen LogP contribution in [0.1, 0.15) is 12.8 Å². The van der Waals surface area contributed by atoms with Crippen molar-refractivity contribution in [2.24, 2.45) is 5.73 Å². The fraction of sp³-hybridized carbons (Fsp3) is 0.294. The molecule has 0 aliphatic carbocycles. The largest absolute Gasteiger partial charge is 0.480 e. The summed E-state index contributed by atoms with van der Waals surface area (Å²) >= 11 is -2.07. The maximum atomic E-state index is 11.7. The van der Waals surface area contributed by atoms with Crippen LogP contribution in [0, 0.1) is 0 Å². The molecule has 9 heteroatoms. The van der Waals surface area contributed by atoms with E-state index in [4.69, 9.17) is 10.8 Å². The first-order valence-electron chi connectivity index (χ1n) is 8.01. The molecule has 0 radical (unpaired) electrons. The minimum Gasteiger partial charge on any atom is -0.480 e. The highest BCUT2D eigenvalue weighted by molar-refractivity contribution is 7.79. The van der Waals surface area contributed by atoms with Crippen LogP contribution in [0.15, 0.2) is 41.3 Å². The molecule has 0 aliphatic heterocycles. The number of rotatable bonds is 9. The van der Waals surface area contributed by atoms with Crippen LogP contribution in [0.3, 0.4) is 0 Å². The van der Waals surface area contributed by atoms with E-state index in [0.717, 1.165) is 11.1 Å². The van der Waals surface area contributed by atoms with Crippen LogP contribution in [0.4, 0.5) is 5.69 Å². The highest BCUT2D eigenvalue weighted by atomic mass is 32.2. The maximum Gasteiger partial charge on any atom is 0.320 e. The average Bonchev–Trinajstić information content (AvgIpc) is 2.62. The number of nitrogens with one attached hydrogen (secondary N) is 2. The van der Waals surface area contributed by atoms with Gasteiger partial charge in [-0.1, -0.05) is 24.3 Å². The van der Waals surface area contributed by atoms with Crippen molar-refractivity contribution in [3.63, 3.8) is 0 Å². The summed E-state index contributed by atoms with van der Waals surface area (Å²) in [6, 6.07) is 9.53. The molecule has 6 N–H and O–H groups in total. The van der Waals surface area contributed by atoms with Gasteiger partial charge in [-0.3, -0.25) is 9.59 Å². The normalized spacial score (nSPS) is 13.2. The molecule has 2 unspecified atom stereocenters. The van der Waals surface area contributed by atoms with Gasteiger partial charge in [0.1, 0.15) is 6.04 Å². The Kier molecular flexibility index (Phi) is 7.07. The second-order valence-corrected chi connectivity index (χ2v) is 6.60. The molecule has 0 fully saturated rings. The van der Waals surface area contributed by atoms with Crippen molar-refractivity contribution in [1.29, 1.82) is 0 Å². The van der Waals surface area contributed by atoms with E-state index in [9.17, 15) is 18.4 Å². The number of carboxylic acid groups (broad SMARTS) is 1. The zero-order valence-electron chi connectivity index (χ0n) is 14.0. The molecule has 0 aliphatic rings. The zero-order chi connectivity index (χ0) is 19.1. The lowest BCUT2D eigenvalue weighted by molar-refractivity contribution is -0.138. The van der Waals surface area contributed by atoms with E-state index >= 15 is 0 Å². The van der Waals surface area contributed by atoms with Gasteiger partial charge in [-0.25, -0.2) is 4.21 Å². The van der Waals surface area contributed by atoms with Crippen molar-refractivity contribution in [1.82, 2.24) is 5.32 Å². The number of benzene rings is 2. The molecule has 26 heavy (non-hydrogen) atoms. The predicted molar refractivity (Wildman–Crippen MR) is 99.3 cm³/mol. The van der Waals surface area contributed by atoms with Gasteiger partial charge in [0.2, 0.25) is 5.91 Å². The number of hydrogen-bond donors (Lipinski definition) is 5. The fourth-order valence-electron chi connectivity index (χ4n) is 2.49. The third kappa shape index (κ3) is 5.25. The Bertz CT molecular complexity index is 827. The maximum absolute atomic E-state index is 11.7. The number of nitrogens with two attached hydrogens (primary N) is 1. The molecule has 2 rings (SSSR count). The summed E-state index contributed by atoms with van der Waals surface area (Å²) in [6.07, 6.45) is 0.131. The lowest BCUT2D eigenvalue weighted by Gasteiger charge is -2.12. The number of carbonyl (C=O) groups excluding carboxylic acids is 1. The third-order valence-corrected chi connectivity index (χ3v) is 4.56. The number of aliphatic carboxylic acids is 1. The van der Waals surface area contributed by atoms with E-state index < -0.39 is 23.1 Å². The molecule has 0 saturated heterocycles. The van der Waals surface area contributed by atoms with Gasteiger partial charge in [-0.15, -0.1) is 0 Å². The number of amides is 1. The van der Waals surface area contributed by atoms with Gasteiger partial charge < -0.3 is 26.0 Å². The second-order valence-electron chi connectivity index (χ2n) is 5.67. The summed E-state index contributed by atoms with van der Waals surface area (Å²) in [5.41, 5.74) is 6.14. The van der Waals surface area contributed by atoms with Crippen molar-refractivity contribution < 1.29 is 23.5 Å². The Balaban J connectivity index is 1.89. The van der Waals surface area contributed by atoms with Crippen LogP contribution in [0.5, 0.6) is 0 Å². The standard InChI is InChI=1S/C17H21N3O5S/c18-13(17(22)23)7-8-16(21)20-10-9-19-14-5-1-4-12-11(14)3-2-6-15(12)26(24)25/h1-6,13,19H,7-10,18H2,(H,20,21)(H,22,23)(H,24,25). The number of anilines is 1. The number of fused-ring (bicyclic) bond motifs is 1. The van der Waals surface area contributed by atoms with Crippen molar-refractivity contribution in [2.45, 2.75) is 23.8 Å². The lowest BCUT2D eigenvalue weighted by atomic mass is 10.1. The predicted octanol–water partition coefficient (Wildman–Crippen LogP) is 1.14. The van der Waals surface area contributed by atoms with Crippen LogP contribution >= 0.6 is 0 Å². The summed E-state index contributed by atoms with van der Waals surface area (Å²) in [6.45, 7) is 0.797. The molecule has 0 spiro atoms. The Labute approximate surface area is 153 Å². The quantitative estimate of drug-likeness (QED) is 0.325. The number of hydrogen-bond acceptors (Lipinski definition) is 5. The molecule has 2 aromatic rings. The molecule has 0 saturated carbocycles. The third-order valence-electron chi connectivity index (χ3n) is 3.83. The summed E-state index contributed by atoms with van der Waals surface area (Å²) in [5, 5.41) is 16.0. The minimum atomic E-state index is -2.07. The first-order valence-corrected chi connectivity index (χ1v) is 9.12. The Hall–Kier alpha value is -2.49. The van der Waals surface area contributed by atoms with Gasteiger partial charge in [0.25, 0.3) is 0 Å². The van der Waals surface area contributed by atoms with E-state index in [0.29, 0.717) is 23.4 Å². The van der Waals surface area contributed by atoms with Crippen molar-refractivity contribution in [3.8, 4) is 0 Å². The molecule has 0 bridgehead atoms. The van der Waals surface area contributed by atoms with Gasteiger partial charge >= 0.3 is 5.97 Å². The molecule has 2 atom stereocenters. The van der Waals surface area contributed by atoms with Crippen molar-refractivity contribution in [3.05, 3.63) is 36.4 Å². The molecule has 0 heterocycles. The van der Waals surface area contributed by atoms with E-state index in [-0.39, 0.29) is 18.7 Å². The monoisotopic (exact) mass is 379 g/mol. The smallest absolute Gasteiger partial charge is 0.320 e. The van der Waals surface area contributed by atoms with Crippen LogP contribution in [0.25, 0.3) is 10.8 Å². The van der Waals surface area contributed by atoms with Gasteiger partial charge in [-0.2, -0.15) is 0 Å². The highest BCUT2D eigenvalue weighted by Gasteiger charge is 2.13. The summed E-state index contributed by atoms with van der Waals surface area (Å²) in [4.78, 5) is 22.6. The molecule has 140 valence electrons. The van der Waals surface area contributed by atoms with E-state index in [1.54, 1.807) is 24.3 Å². The van der Waals surface area contributed by atoms with Crippen LogP contribution in [-0.2, 0) is 20.7 Å². The number of carbonyl (C=O) groups is 2. The molecule has 0 aromatic heterocycles. The lowest BCUT2D eigenvalue weighted by Crippen LogP contribution is -2.34. The second kappa shape index (κ2) is 9.27. The molecular formula is C17H21N3O5S. The molecule has 1 amide bonds. The molecule has 2 aromatic carbocycles. The van der Waals surface area contributed by atoms with Gasteiger partial charge in [-0.05, 0) is 18.6 Å². The van der Waals surface area contributed by atoms with Crippen molar-refractivity contribution in [2.75, 3.05) is 18.4 Å². The molecular weight excluding hydrogens is 358 g/mol. The van der Waals surface area contributed by atoms with E-state index in [1.165, 1.54) is 0 Å². The average molecular weight is 379 g/mol. The van der Waals surface area contributed by atoms with Crippen molar-refractivity contribution >= 4 is 39.4 Å². The fourth-order valence-corrected chi connectivity index (χ4v) is 3.05. The summed E-state index contributed by atoms with van der Waals surface area (Å²) < 4.78 is 20.8. The Morgan fingerprint density at radius 2 is 1.81 bits per heavy atom. The topological polar surface area (TPSA) is 142 Å². The SMILES string of the molecule is NC(CCC(=O)NCCNc1cccc2c(S(=O)O)cccc12)C(=O)O. The zero-order valence-corrected chi connectivity index (χ0v) is 14.8. The van der Waals surface area contributed by atoms with Crippen LogP contribution < -0.4 is 16.4 Å². The van der Waals surface area contributed by atoms with E-state index in [1.807, 2.05) is 12.1 Å². The summed E-state index contributed by atoms with van der Waals surface area (Å²) in [5.74, 6) is -1.39. The Morgan fingerprint density at radius 3 is 2.50 bits per heavy atom. The van der Waals surface area contributed by atoms with Gasteiger partial charge in [0.05, 0.1) is 4.90 Å². The van der Waals surface area contributed by atoms with Crippen LogP contribution in [-0.4, -0.2) is 44.9 Å². The minimum absolute atomic E-state index is 0.0490. The Morgan fingerprint density at radius 1 is 1.12 bits per heavy atom. The van der Waals surface area contributed by atoms with Gasteiger partial charge in [0, 0.05) is 36.0 Å². The highest BCUT2D eigenvalue weighted by Crippen LogP contribution is 2.27. The van der Waals surface area contributed by atoms with Gasteiger partial charge in [0.15, 0.2) is 11.1 Å². The number of carboxylic acids is 1. The first kappa shape index (κ1) is 19.8. The molecule has 8 nitrogen and oxygen atoms in total.